The summed E-state index contributed by atoms with van der Waals surface area (Å²) in [5.74, 6) is 1.41. The Kier molecular flexibility index (Phi) is 5.43. The Morgan fingerprint density at radius 1 is 1.14 bits per heavy atom. The molecule has 2 aromatic carbocycles. The van der Waals surface area contributed by atoms with Crippen LogP contribution >= 0.6 is 11.8 Å². The van der Waals surface area contributed by atoms with E-state index >= 15 is 0 Å². The molecular weight excluding hydrogens is 375 g/mol. The lowest BCUT2D eigenvalue weighted by molar-refractivity contribution is -0.127. The van der Waals surface area contributed by atoms with Gasteiger partial charge in [-0.1, -0.05) is 42.1 Å². The second kappa shape index (κ2) is 8.14. The molecule has 0 bridgehead atoms. The molecule has 1 aliphatic rings. The van der Waals surface area contributed by atoms with Gasteiger partial charge in [-0.3, -0.25) is 9.36 Å². The molecule has 0 saturated heterocycles. The molecule has 5 nitrogen and oxygen atoms in total. The lowest BCUT2D eigenvalue weighted by Gasteiger charge is -2.17. The van der Waals surface area contributed by atoms with Crippen molar-refractivity contribution in [2.24, 2.45) is 0 Å². The Labute approximate surface area is 167 Å². The molecule has 3 aromatic rings. The zero-order valence-corrected chi connectivity index (χ0v) is 16.4. The van der Waals surface area contributed by atoms with Crippen LogP contribution in [0, 0.1) is 5.82 Å². The number of carbonyl (C=O) groups excluding carboxylic acids is 1. The molecular formula is C21H21FN4OS. The van der Waals surface area contributed by atoms with Crippen molar-refractivity contribution in [2.75, 3.05) is 12.8 Å². The van der Waals surface area contributed by atoms with Crippen LogP contribution in [0.4, 0.5) is 4.39 Å². The van der Waals surface area contributed by atoms with Gasteiger partial charge >= 0.3 is 0 Å². The van der Waals surface area contributed by atoms with Crippen molar-refractivity contribution in [1.29, 1.82) is 0 Å². The second-order valence-electron chi connectivity index (χ2n) is 6.95. The molecule has 4 rings (SSSR count). The van der Waals surface area contributed by atoms with Crippen molar-refractivity contribution in [3.8, 4) is 5.69 Å². The highest BCUT2D eigenvalue weighted by atomic mass is 32.2. The van der Waals surface area contributed by atoms with Crippen LogP contribution in [0.5, 0.6) is 0 Å². The van der Waals surface area contributed by atoms with Gasteiger partial charge in [0.1, 0.15) is 11.6 Å². The van der Waals surface area contributed by atoms with E-state index in [2.05, 4.69) is 14.8 Å². The third kappa shape index (κ3) is 4.25. The predicted molar refractivity (Wildman–Crippen MR) is 107 cm³/mol. The number of hydrogen-bond acceptors (Lipinski definition) is 4. The van der Waals surface area contributed by atoms with E-state index in [9.17, 15) is 9.18 Å². The largest absolute Gasteiger partial charge is 0.341 e. The fourth-order valence-corrected chi connectivity index (χ4v) is 3.89. The Morgan fingerprint density at radius 2 is 1.86 bits per heavy atom. The first-order chi connectivity index (χ1) is 13.6. The van der Waals surface area contributed by atoms with E-state index in [1.807, 2.05) is 30.3 Å². The van der Waals surface area contributed by atoms with E-state index in [0.29, 0.717) is 12.5 Å². The number of hydrogen-bond donors (Lipinski definition) is 0. The number of carbonyl (C=O) groups is 1. The van der Waals surface area contributed by atoms with Gasteiger partial charge in [0.05, 0.1) is 5.75 Å². The van der Waals surface area contributed by atoms with Crippen LogP contribution in [-0.4, -0.2) is 38.4 Å². The smallest absolute Gasteiger partial charge is 0.233 e. The number of nitrogens with zero attached hydrogens (tertiary/aromatic N) is 4. The first-order valence-corrected chi connectivity index (χ1v) is 10.2. The van der Waals surface area contributed by atoms with Gasteiger partial charge in [-0.2, -0.15) is 0 Å². The van der Waals surface area contributed by atoms with Crippen LogP contribution < -0.4 is 0 Å². The Balaban J connectivity index is 1.44. The van der Waals surface area contributed by atoms with Crippen molar-refractivity contribution in [1.82, 2.24) is 19.7 Å². The van der Waals surface area contributed by atoms with Gasteiger partial charge in [-0.05, 0) is 42.7 Å². The molecule has 0 spiro atoms. The maximum atomic E-state index is 13.0. The van der Waals surface area contributed by atoms with E-state index in [-0.39, 0.29) is 17.5 Å². The van der Waals surface area contributed by atoms with E-state index in [4.69, 9.17) is 0 Å². The zero-order valence-electron chi connectivity index (χ0n) is 15.6. The lowest BCUT2D eigenvalue weighted by Crippen LogP contribution is -2.27. The number of amides is 1. The van der Waals surface area contributed by atoms with E-state index in [1.165, 1.54) is 23.9 Å². The van der Waals surface area contributed by atoms with Gasteiger partial charge in [0.25, 0.3) is 0 Å². The number of benzene rings is 2. The number of halogens is 1. The third-order valence-electron chi connectivity index (χ3n) is 4.70. The third-order valence-corrected chi connectivity index (χ3v) is 5.61. The average molecular weight is 396 g/mol. The van der Waals surface area contributed by atoms with Gasteiger partial charge in [0.15, 0.2) is 5.16 Å². The molecule has 1 fully saturated rings. The normalized spacial score (nSPS) is 13.5. The molecule has 0 unspecified atom stereocenters. The monoisotopic (exact) mass is 396 g/mol. The SMILES string of the molecule is CN(Cc1ccc(F)cc1)C(=O)CSc1nnc(C2CC2)n1-c1ccccc1. The Bertz CT molecular complexity index is 954. The van der Waals surface area contributed by atoms with Gasteiger partial charge in [-0.25, -0.2) is 4.39 Å². The van der Waals surface area contributed by atoms with Crippen LogP contribution in [0.3, 0.4) is 0 Å². The standard InChI is InChI=1S/C21H21FN4OS/c1-25(13-15-7-11-17(22)12-8-15)19(27)14-28-21-24-23-20(16-9-10-16)26(21)18-5-3-2-4-6-18/h2-8,11-12,16H,9-10,13-14H2,1H3. The minimum Gasteiger partial charge on any atom is -0.341 e. The van der Waals surface area contributed by atoms with Crippen LogP contribution in [0.1, 0.15) is 30.1 Å². The summed E-state index contributed by atoms with van der Waals surface area (Å²) in [6.45, 7) is 0.443. The molecule has 144 valence electrons. The van der Waals surface area contributed by atoms with Crippen LogP contribution in [0.2, 0.25) is 0 Å². The molecule has 0 N–H and O–H groups in total. The van der Waals surface area contributed by atoms with Gasteiger partial charge in [0, 0.05) is 25.2 Å². The van der Waals surface area contributed by atoms with Crippen LogP contribution in [-0.2, 0) is 11.3 Å². The van der Waals surface area contributed by atoms with E-state index in [1.54, 1.807) is 24.1 Å². The fourth-order valence-electron chi connectivity index (χ4n) is 2.99. The number of rotatable bonds is 7. The van der Waals surface area contributed by atoms with E-state index < -0.39 is 0 Å². The molecule has 0 radical (unpaired) electrons. The second-order valence-corrected chi connectivity index (χ2v) is 7.89. The van der Waals surface area contributed by atoms with Crippen molar-refractivity contribution >= 4 is 17.7 Å². The summed E-state index contributed by atoms with van der Waals surface area (Å²) in [5.41, 5.74) is 1.91. The molecule has 1 heterocycles. The minimum absolute atomic E-state index is 0.00934. The molecule has 1 saturated carbocycles. The molecule has 7 heteroatoms. The molecule has 0 aliphatic heterocycles. The summed E-state index contributed by atoms with van der Waals surface area (Å²) < 4.78 is 15.1. The maximum Gasteiger partial charge on any atom is 0.233 e. The summed E-state index contributed by atoms with van der Waals surface area (Å²) in [5, 5.41) is 9.46. The van der Waals surface area contributed by atoms with Gasteiger partial charge in [0.2, 0.25) is 5.91 Å². The first kappa shape index (κ1) is 18.7. The zero-order chi connectivity index (χ0) is 19.5. The summed E-state index contributed by atoms with van der Waals surface area (Å²) in [6.07, 6.45) is 2.27. The predicted octanol–water partition coefficient (Wildman–Crippen LogP) is 4.03. The maximum absolute atomic E-state index is 13.0. The van der Waals surface area contributed by atoms with Gasteiger partial charge in [-0.15, -0.1) is 10.2 Å². The average Bonchev–Trinajstić information content (AvgIpc) is 3.47. The quantitative estimate of drug-likeness (QED) is 0.566. The molecule has 1 aromatic heterocycles. The van der Waals surface area contributed by atoms with Crippen molar-refractivity contribution in [2.45, 2.75) is 30.5 Å². The first-order valence-electron chi connectivity index (χ1n) is 9.24. The fraction of sp³-hybridized carbons (Fsp3) is 0.286. The highest BCUT2D eigenvalue weighted by Gasteiger charge is 2.31. The van der Waals surface area contributed by atoms with Crippen molar-refractivity contribution in [3.63, 3.8) is 0 Å². The van der Waals surface area contributed by atoms with Crippen LogP contribution in [0.25, 0.3) is 5.69 Å². The summed E-state index contributed by atoms with van der Waals surface area (Å²) >= 11 is 1.40. The van der Waals surface area contributed by atoms with Crippen molar-refractivity contribution in [3.05, 3.63) is 71.8 Å². The number of thioether (sulfide) groups is 1. The Morgan fingerprint density at radius 3 is 2.54 bits per heavy atom. The Hall–Kier alpha value is -2.67. The number of para-hydroxylation sites is 1. The molecule has 1 amide bonds. The molecule has 0 atom stereocenters. The highest BCUT2D eigenvalue weighted by molar-refractivity contribution is 7.99. The lowest BCUT2D eigenvalue weighted by atomic mass is 10.2. The topological polar surface area (TPSA) is 51.0 Å². The number of aromatic nitrogens is 3. The minimum atomic E-state index is -0.278. The van der Waals surface area contributed by atoms with Crippen molar-refractivity contribution < 1.29 is 9.18 Å². The molecule has 1 aliphatic carbocycles. The van der Waals surface area contributed by atoms with E-state index in [0.717, 1.165) is 35.1 Å². The summed E-state index contributed by atoms with van der Waals surface area (Å²) in [6, 6.07) is 16.2. The van der Waals surface area contributed by atoms with Crippen LogP contribution in [0.15, 0.2) is 59.8 Å². The highest BCUT2D eigenvalue weighted by Crippen LogP contribution is 2.41. The van der Waals surface area contributed by atoms with Gasteiger partial charge < -0.3 is 4.90 Å². The summed E-state index contributed by atoms with van der Waals surface area (Å²) in [7, 11) is 1.75. The molecule has 28 heavy (non-hydrogen) atoms. The summed E-state index contributed by atoms with van der Waals surface area (Å²) in [4.78, 5) is 14.2.